The molecule has 1 aromatic heterocycles. The van der Waals surface area contributed by atoms with Gasteiger partial charge in [-0.3, -0.25) is 4.79 Å². The van der Waals surface area contributed by atoms with Crippen molar-refractivity contribution in [1.82, 2.24) is 4.98 Å². The second-order valence-corrected chi connectivity index (χ2v) is 7.41. The molecule has 0 radical (unpaired) electrons. The number of benzene rings is 3. The number of carbonyl (C=O) groups is 1. The number of fused-ring (bicyclic) bond motifs is 1. The molecule has 1 heterocycles. The molecule has 0 aliphatic carbocycles. The molecule has 4 rings (SSSR count). The normalized spacial score (nSPS) is 12.0. The lowest BCUT2D eigenvalue weighted by Crippen LogP contribution is -2.04. The number of allylic oxidation sites excluding steroid dienone is 1. The van der Waals surface area contributed by atoms with Crippen LogP contribution in [0.3, 0.4) is 0 Å². The molecule has 0 amide bonds. The highest BCUT2D eigenvalue weighted by atomic mass is 32.1. The van der Waals surface area contributed by atoms with E-state index in [9.17, 15) is 18.0 Å². The maximum Gasteiger partial charge on any atom is 0.416 e. The van der Waals surface area contributed by atoms with Crippen LogP contribution in [-0.4, -0.2) is 10.8 Å². The van der Waals surface area contributed by atoms with Gasteiger partial charge in [-0.15, -0.1) is 11.3 Å². The smallest absolute Gasteiger partial charge is 0.289 e. The van der Waals surface area contributed by atoms with Gasteiger partial charge in [0.1, 0.15) is 5.01 Å². The summed E-state index contributed by atoms with van der Waals surface area (Å²) in [5.41, 5.74) is 2.17. The third kappa shape index (κ3) is 4.27. The number of rotatable bonds is 4. The van der Waals surface area contributed by atoms with Gasteiger partial charge in [0.05, 0.1) is 15.8 Å². The highest BCUT2D eigenvalue weighted by Gasteiger charge is 2.29. The van der Waals surface area contributed by atoms with Crippen LogP contribution in [0.1, 0.15) is 21.5 Å². The molecular formula is C23H14F3NOS. The maximum atomic E-state index is 12.6. The van der Waals surface area contributed by atoms with E-state index in [2.05, 4.69) is 4.98 Å². The van der Waals surface area contributed by atoms with E-state index in [0.717, 1.165) is 32.9 Å². The zero-order valence-electron chi connectivity index (χ0n) is 15.0. The van der Waals surface area contributed by atoms with Crippen molar-refractivity contribution in [2.45, 2.75) is 6.18 Å². The van der Waals surface area contributed by atoms with Crippen molar-refractivity contribution in [2.24, 2.45) is 0 Å². The molecule has 144 valence electrons. The first-order valence-electron chi connectivity index (χ1n) is 8.76. The average molecular weight is 409 g/mol. The Balaban J connectivity index is 1.48. The van der Waals surface area contributed by atoms with Gasteiger partial charge in [-0.1, -0.05) is 54.6 Å². The number of para-hydroxylation sites is 1. The fraction of sp³-hybridized carbons (Fsp3) is 0.0435. The standard InChI is InChI=1S/C23H14F3NOS/c24-23(25,26)18-12-5-15(6-13-18)7-14-20(28)16-8-10-17(11-9-16)22-27-19-3-1-2-4-21(19)29-22/h1-14H. The third-order valence-electron chi connectivity index (χ3n) is 4.38. The summed E-state index contributed by atoms with van der Waals surface area (Å²) < 4.78 is 38.9. The van der Waals surface area contributed by atoms with E-state index in [4.69, 9.17) is 0 Å². The van der Waals surface area contributed by atoms with Crippen LogP contribution >= 0.6 is 11.3 Å². The number of carbonyl (C=O) groups excluding carboxylic acids is 1. The van der Waals surface area contributed by atoms with Crippen LogP contribution < -0.4 is 0 Å². The predicted octanol–water partition coefficient (Wildman–Crippen LogP) is 6.88. The van der Waals surface area contributed by atoms with Gasteiger partial charge in [0.25, 0.3) is 0 Å². The summed E-state index contributed by atoms with van der Waals surface area (Å²) in [7, 11) is 0. The molecular weight excluding hydrogens is 395 g/mol. The van der Waals surface area contributed by atoms with Crippen molar-refractivity contribution in [3.05, 3.63) is 95.6 Å². The Hall–Kier alpha value is -3.25. The molecule has 0 unspecified atom stereocenters. The van der Waals surface area contributed by atoms with E-state index in [0.29, 0.717) is 11.1 Å². The molecule has 29 heavy (non-hydrogen) atoms. The summed E-state index contributed by atoms with van der Waals surface area (Å²) >= 11 is 1.58. The molecule has 2 nitrogen and oxygen atoms in total. The summed E-state index contributed by atoms with van der Waals surface area (Å²) in [6, 6.07) is 19.7. The highest BCUT2D eigenvalue weighted by molar-refractivity contribution is 7.21. The molecule has 0 aliphatic heterocycles. The van der Waals surface area contributed by atoms with Crippen molar-refractivity contribution in [3.8, 4) is 10.6 Å². The maximum absolute atomic E-state index is 12.6. The zero-order chi connectivity index (χ0) is 20.4. The minimum Gasteiger partial charge on any atom is -0.289 e. The fourth-order valence-corrected chi connectivity index (χ4v) is 3.80. The monoisotopic (exact) mass is 409 g/mol. The molecule has 0 atom stereocenters. The molecule has 4 aromatic rings. The first kappa shape index (κ1) is 19.1. The Morgan fingerprint density at radius 2 is 1.59 bits per heavy atom. The lowest BCUT2D eigenvalue weighted by atomic mass is 10.1. The fourth-order valence-electron chi connectivity index (χ4n) is 2.82. The number of hydrogen-bond acceptors (Lipinski definition) is 3. The Bertz CT molecular complexity index is 1160. The van der Waals surface area contributed by atoms with Gasteiger partial charge in [0.15, 0.2) is 5.78 Å². The lowest BCUT2D eigenvalue weighted by Gasteiger charge is -2.05. The average Bonchev–Trinajstić information content (AvgIpc) is 3.16. The summed E-state index contributed by atoms with van der Waals surface area (Å²) in [5.74, 6) is -0.222. The number of halogens is 3. The van der Waals surface area contributed by atoms with Crippen molar-refractivity contribution < 1.29 is 18.0 Å². The van der Waals surface area contributed by atoms with Crippen LogP contribution in [0.15, 0.2) is 78.9 Å². The second-order valence-electron chi connectivity index (χ2n) is 6.38. The Morgan fingerprint density at radius 3 is 2.24 bits per heavy atom. The topological polar surface area (TPSA) is 30.0 Å². The van der Waals surface area contributed by atoms with E-state index < -0.39 is 11.7 Å². The van der Waals surface area contributed by atoms with Gasteiger partial charge in [0.2, 0.25) is 0 Å². The minimum atomic E-state index is -4.37. The Kier molecular flexibility index (Phi) is 5.03. The van der Waals surface area contributed by atoms with E-state index >= 15 is 0 Å². The van der Waals surface area contributed by atoms with Gasteiger partial charge in [-0.25, -0.2) is 4.98 Å². The van der Waals surface area contributed by atoms with E-state index in [-0.39, 0.29) is 5.78 Å². The molecule has 0 fully saturated rings. The minimum absolute atomic E-state index is 0.222. The zero-order valence-corrected chi connectivity index (χ0v) is 15.8. The van der Waals surface area contributed by atoms with Crippen LogP contribution in [0.4, 0.5) is 13.2 Å². The van der Waals surface area contributed by atoms with Gasteiger partial charge >= 0.3 is 6.18 Å². The quantitative estimate of drug-likeness (QED) is 0.272. The number of hydrogen-bond donors (Lipinski definition) is 0. The first-order valence-corrected chi connectivity index (χ1v) is 9.57. The highest BCUT2D eigenvalue weighted by Crippen LogP contribution is 2.30. The largest absolute Gasteiger partial charge is 0.416 e. The molecule has 3 aromatic carbocycles. The summed E-state index contributed by atoms with van der Waals surface area (Å²) in [6.07, 6.45) is -1.51. The lowest BCUT2D eigenvalue weighted by molar-refractivity contribution is -0.137. The number of thiazole rings is 1. The molecule has 0 aliphatic rings. The first-order chi connectivity index (χ1) is 13.9. The molecule has 0 spiro atoms. The van der Waals surface area contributed by atoms with E-state index in [1.54, 1.807) is 23.5 Å². The Morgan fingerprint density at radius 1 is 0.897 bits per heavy atom. The number of aromatic nitrogens is 1. The molecule has 0 saturated heterocycles. The van der Waals surface area contributed by atoms with Gasteiger partial charge in [-0.05, 0) is 35.9 Å². The Labute approximate surface area is 169 Å². The third-order valence-corrected chi connectivity index (χ3v) is 5.46. The number of nitrogens with zero attached hydrogens (tertiary/aromatic N) is 1. The molecule has 0 N–H and O–H groups in total. The van der Waals surface area contributed by atoms with Crippen molar-refractivity contribution >= 4 is 33.4 Å². The van der Waals surface area contributed by atoms with Crippen LogP contribution in [0.25, 0.3) is 26.9 Å². The van der Waals surface area contributed by atoms with E-state index in [1.165, 1.54) is 24.3 Å². The van der Waals surface area contributed by atoms with Gasteiger partial charge in [-0.2, -0.15) is 13.2 Å². The van der Waals surface area contributed by atoms with Crippen LogP contribution in [-0.2, 0) is 6.18 Å². The van der Waals surface area contributed by atoms with Crippen molar-refractivity contribution in [3.63, 3.8) is 0 Å². The summed E-state index contributed by atoms with van der Waals surface area (Å²) in [5, 5.41) is 0.880. The van der Waals surface area contributed by atoms with Gasteiger partial charge < -0.3 is 0 Å². The number of ketones is 1. The van der Waals surface area contributed by atoms with Gasteiger partial charge in [0, 0.05) is 11.1 Å². The number of alkyl halides is 3. The SMILES string of the molecule is O=C(C=Cc1ccc(C(F)(F)F)cc1)c1ccc(-c2nc3ccccc3s2)cc1. The molecule has 0 saturated carbocycles. The van der Waals surface area contributed by atoms with Crippen LogP contribution in [0.2, 0.25) is 0 Å². The summed E-state index contributed by atoms with van der Waals surface area (Å²) in [6.45, 7) is 0. The van der Waals surface area contributed by atoms with E-state index in [1.807, 2.05) is 36.4 Å². The van der Waals surface area contributed by atoms with Crippen LogP contribution in [0, 0.1) is 0 Å². The summed E-state index contributed by atoms with van der Waals surface area (Å²) in [4.78, 5) is 17.0. The second kappa shape index (κ2) is 7.64. The molecule has 6 heteroatoms. The van der Waals surface area contributed by atoms with Crippen LogP contribution in [0.5, 0.6) is 0 Å². The predicted molar refractivity (Wildman–Crippen MR) is 110 cm³/mol. The molecule has 0 bridgehead atoms. The van der Waals surface area contributed by atoms with Crippen molar-refractivity contribution in [1.29, 1.82) is 0 Å². The van der Waals surface area contributed by atoms with Crippen molar-refractivity contribution in [2.75, 3.05) is 0 Å².